The number of H-pyrrole nitrogens is 1. The zero-order chi connectivity index (χ0) is 16.8. The van der Waals surface area contributed by atoms with Gasteiger partial charge in [0.2, 0.25) is 0 Å². The second-order valence-corrected chi connectivity index (χ2v) is 5.71. The van der Waals surface area contributed by atoms with E-state index in [4.69, 9.17) is 0 Å². The smallest absolute Gasteiger partial charge is 0.314 e. The van der Waals surface area contributed by atoms with Gasteiger partial charge < -0.3 is 10.2 Å². The van der Waals surface area contributed by atoms with Crippen LogP contribution in [0.4, 0.5) is 5.69 Å². The molecule has 0 aliphatic rings. The van der Waals surface area contributed by atoms with Crippen molar-refractivity contribution in [1.82, 2.24) is 20.1 Å². The summed E-state index contributed by atoms with van der Waals surface area (Å²) in [6.07, 6.45) is 6.85. The molecule has 0 radical (unpaired) electrons. The summed E-state index contributed by atoms with van der Waals surface area (Å²) in [4.78, 5) is 30.2. The van der Waals surface area contributed by atoms with Crippen molar-refractivity contribution >= 4 is 28.4 Å². The van der Waals surface area contributed by atoms with Crippen LogP contribution in [0.3, 0.4) is 0 Å². The maximum atomic E-state index is 12.4. The zero-order valence-corrected chi connectivity index (χ0v) is 13.8. The molecule has 0 aliphatic heterocycles. The monoisotopic (exact) mass is 317 g/mol. The van der Waals surface area contributed by atoms with Crippen molar-refractivity contribution in [3.05, 3.63) is 18.6 Å². The Morgan fingerprint density at radius 1 is 1.30 bits per heavy atom. The largest absolute Gasteiger partial charge is 0.334 e. The Bertz CT molecular complexity index is 682. The topological polar surface area (TPSA) is 91.0 Å². The van der Waals surface area contributed by atoms with Gasteiger partial charge in [-0.25, -0.2) is 0 Å². The summed E-state index contributed by atoms with van der Waals surface area (Å²) >= 11 is 0. The Morgan fingerprint density at radius 2 is 2.09 bits per heavy atom. The number of hydrogen-bond donors (Lipinski definition) is 2. The Labute approximate surface area is 135 Å². The normalized spacial score (nSPS) is 12.1. The standard InChI is InChI=1S/C16H23N5O2/c1-4-6-11(3)10-21(5-2)16(23)15(22)19-13-9-17-7-12-8-18-20-14(12)13/h7-9,11H,4-6,10H2,1-3H3,(H,18,20)(H,19,22). The highest BCUT2D eigenvalue weighted by Gasteiger charge is 2.23. The van der Waals surface area contributed by atoms with Gasteiger partial charge in [0.25, 0.3) is 0 Å². The van der Waals surface area contributed by atoms with Gasteiger partial charge >= 0.3 is 11.8 Å². The van der Waals surface area contributed by atoms with E-state index in [1.165, 1.54) is 6.20 Å². The quantitative estimate of drug-likeness (QED) is 0.799. The molecule has 0 bridgehead atoms. The first kappa shape index (κ1) is 16.9. The molecule has 0 fully saturated rings. The summed E-state index contributed by atoms with van der Waals surface area (Å²) in [6.45, 7) is 7.17. The van der Waals surface area contributed by atoms with Crippen molar-refractivity contribution in [3.63, 3.8) is 0 Å². The number of pyridine rings is 1. The molecule has 23 heavy (non-hydrogen) atoms. The number of hydrogen-bond acceptors (Lipinski definition) is 4. The highest BCUT2D eigenvalue weighted by molar-refractivity contribution is 6.40. The van der Waals surface area contributed by atoms with Crippen LogP contribution >= 0.6 is 0 Å². The molecule has 7 heteroatoms. The van der Waals surface area contributed by atoms with Crippen LogP contribution in [0.2, 0.25) is 0 Å². The third-order valence-corrected chi connectivity index (χ3v) is 3.78. The molecule has 2 heterocycles. The molecule has 1 atom stereocenters. The van der Waals surface area contributed by atoms with Gasteiger partial charge in [-0.2, -0.15) is 5.10 Å². The summed E-state index contributed by atoms with van der Waals surface area (Å²) in [6, 6.07) is 0. The minimum Gasteiger partial charge on any atom is -0.334 e. The summed E-state index contributed by atoms with van der Waals surface area (Å²) in [5.41, 5.74) is 1.11. The van der Waals surface area contributed by atoms with Crippen LogP contribution < -0.4 is 5.32 Å². The Balaban J connectivity index is 2.06. The molecule has 2 rings (SSSR count). The van der Waals surface area contributed by atoms with E-state index in [1.54, 1.807) is 17.3 Å². The van der Waals surface area contributed by atoms with Crippen LogP contribution in [0.5, 0.6) is 0 Å². The van der Waals surface area contributed by atoms with Gasteiger partial charge in [0.05, 0.1) is 23.6 Å². The summed E-state index contributed by atoms with van der Waals surface area (Å²) in [5.74, 6) is -0.805. The van der Waals surface area contributed by atoms with Crippen LogP contribution in [0.15, 0.2) is 18.6 Å². The second-order valence-electron chi connectivity index (χ2n) is 5.71. The van der Waals surface area contributed by atoms with Crippen LogP contribution in [0.25, 0.3) is 10.9 Å². The second kappa shape index (κ2) is 7.71. The van der Waals surface area contributed by atoms with Gasteiger partial charge in [0, 0.05) is 24.7 Å². The fourth-order valence-corrected chi connectivity index (χ4v) is 2.60. The first-order valence-corrected chi connectivity index (χ1v) is 7.94. The lowest BCUT2D eigenvalue weighted by Crippen LogP contribution is -2.41. The lowest BCUT2D eigenvalue weighted by atomic mass is 10.1. The van der Waals surface area contributed by atoms with Crippen LogP contribution in [-0.2, 0) is 9.59 Å². The van der Waals surface area contributed by atoms with E-state index < -0.39 is 11.8 Å². The minimum atomic E-state index is -0.653. The predicted molar refractivity (Wildman–Crippen MR) is 88.8 cm³/mol. The third-order valence-electron chi connectivity index (χ3n) is 3.78. The molecule has 1 unspecified atom stereocenters. The van der Waals surface area contributed by atoms with Crippen molar-refractivity contribution in [2.24, 2.45) is 5.92 Å². The SMILES string of the molecule is CCCC(C)CN(CC)C(=O)C(=O)Nc1cncc2cn[nH]c12. The van der Waals surface area contributed by atoms with Crippen molar-refractivity contribution in [2.75, 3.05) is 18.4 Å². The lowest BCUT2D eigenvalue weighted by molar-refractivity contribution is -0.143. The van der Waals surface area contributed by atoms with E-state index in [0.717, 1.165) is 18.2 Å². The fraction of sp³-hybridized carbons (Fsp3) is 0.500. The molecule has 124 valence electrons. The molecular weight excluding hydrogens is 294 g/mol. The van der Waals surface area contributed by atoms with Gasteiger partial charge in [-0.3, -0.25) is 19.7 Å². The third kappa shape index (κ3) is 4.06. The fourth-order valence-electron chi connectivity index (χ4n) is 2.60. The van der Waals surface area contributed by atoms with Crippen molar-refractivity contribution < 1.29 is 9.59 Å². The molecule has 0 aliphatic carbocycles. The predicted octanol–water partition coefficient (Wildman–Crippen LogP) is 2.18. The first-order valence-electron chi connectivity index (χ1n) is 7.94. The first-order chi connectivity index (χ1) is 11.1. The number of rotatable bonds is 6. The van der Waals surface area contributed by atoms with Crippen molar-refractivity contribution in [1.29, 1.82) is 0 Å². The maximum Gasteiger partial charge on any atom is 0.314 e. The van der Waals surface area contributed by atoms with Gasteiger partial charge in [0.1, 0.15) is 0 Å². The number of likely N-dealkylation sites (N-methyl/N-ethyl adjacent to an activating group) is 1. The number of fused-ring (bicyclic) bond motifs is 1. The number of carbonyl (C=O) groups excluding carboxylic acids is 2. The summed E-state index contributed by atoms with van der Waals surface area (Å²) in [7, 11) is 0. The van der Waals surface area contributed by atoms with Gasteiger partial charge in [-0.05, 0) is 19.3 Å². The number of carbonyl (C=O) groups is 2. The molecule has 0 aromatic carbocycles. The highest BCUT2D eigenvalue weighted by Crippen LogP contribution is 2.18. The Hall–Kier alpha value is -2.44. The molecule has 2 amide bonds. The molecule has 0 spiro atoms. The molecule has 0 saturated carbocycles. The summed E-state index contributed by atoms with van der Waals surface area (Å²) < 4.78 is 0. The molecular formula is C16H23N5O2. The van der Waals surface area contributed by atoms with Crippen LogP contribution in [-0.4, -0.2) is 45.0 Å². The average molecular weight is 317 g/mol. The highest BCUT2D eigenvalue weighted by atomic mass is 16.2. The van der Waals surface area contributed by atoms with E-state index in [9.17, 15) is 9.59 Å². The van der Waals surface area contributed by atoms with E-state index in [0.29, 0.717) is 30.2 Å². The molecule has 2 aromatic rings. The van der Waals surface area contributed by atoms with Crippen molar-refractivity contribution in [3.8, 4) is 0 Å². The van der Waals surface area contributed by atoms with E-state index in [1.807, 2.05) is 6.92 Å². The van der Waals surface area contributed by atoms with Crippen LogP contribution in [0.1, 0.15) is 33.6 Å². The van der Waals surface area contributed by atoms with Crippen LogP contribution in [0, 0.1) is 5.92 Å². The lowest BCUT2D eigenvalue weighted by Gasteiger charge is -2.23. The maximum absolute atomic E-state index is 12.4. The number of anilines is 1. The van der Waals surface area contributed by atoms with Gasteiger partial charge in [-0.15, -0.1) is 0 Å². The molecule has 7 nitrogen and oxygen atoms in total. The van der Waals surface area contributed by atoms with E-state index >= 15 is 0 Å². The summed E-state index contributed by atoms with van der Waals surface area (Å²) in [5, 5.41) is 10.1. The number of aromatic amines is 1. The number of aromatic nitrogens is 3. The Morgan fingerprint density at radius 3 is 2.78 bits per heavy atom. The van der Waals surface area contributed by atoms with Gasteiger partial charge in [0.15, 0.2) is 0 Å². The van der Waals surface area contributed by atoms with Gasteiger partial charge in [-0.1, -0.05) is 20.3 Å². The number of nitrogens with zero attached hydrogens (tertiary/aromatic N) is 3. The zero-order valence-electron chi connectivity index (χ0n) is 13.8. The molecule has 0 saturated heterocycles. The van der Waals surface area contributed by atoms with Crippen molar-refractivity contribution in [2.45, 2.75) is 33.6 Å². The molecule has 2 N–H and O–H groups in total. The average Bonchev–Trinajstić information content (AvgIpc) is 3.01. The van der Waals surface area contributed by atoms with E-state index in [-0.39, 0.29) is 0 Å². The minimum absolute atomic E-state index is 0.370. The number of amides is 2. The number of nitrogens with one attached hydrogen (secondary N) is 2. The molecule has 2 aromatic heterocycles. The van der Waals surface area contributed by atoms with E-state index in [2.05, 4.69) is 34.3 Å². The Kier molecular flexibility index (Phi) is 5.67.